The molecule has 0 bridgehead atoms. The van der Waals surface area contributed by atoms with Crippen molar-refractivity contribution in [3.63, 3.8) is 0 Å². The third-order valence-electron chi connectivity index (χ3n) is 3.28. The van der Waals surface area contributed by atoms with Gasteiger partial charge in [0.1, 0.15) is 5.01 Å². The van der Waals surface area contributed by atoms with Crippen molar-refractivity contribution >= 4 is 45.2 Å². The van der Waals surface area contributed by atoms with Crippen LogP contribution in [-0.4, -0.2) is 19.8 Å². The molecule has 1 aliphatic rings. The van der Waals surface area contributed by atoms with E-state index in [1.54, 1.807) is 16.6 Å². The number of nitrogens with zero attached hydrogens (tertiary/aromatic N) is 4. The maximum absolute atomic E-state index is 6.07. The Morgan fingerprint density at radius 2 is 2.05 bits per heavy atom. The number of nitrogens with two attached hydrogens (primary N) is 1. The van der Waals surface area contributed by atoms with Crippen LogP contribution in [0.2, 0.25) is 10.0 Å². The topological polar surface area (TPSA) is 69.1 Å². The Morgan fingerprint density at radius 1 is 1.25 bits per heavy atom. The molecule has 0 radical (unpaired) electrons. The fourth-order valence-electron chi connectivity index (χ4n) is 2.10. The molecule has 8 heteroatoms. The number of hydrogen-bond acceptors (Lipinski definition) is 5. The second-order valence-corrected chi connectivity index (χ2v) is 6.58. The fraction of sp³-hybridized carbons (Fsp3) is 0.250. The highest BCUT2D eigenvalue weighted by atomic mass is 35.5. The van der Waals surface area contributed by atoms with E-state index in [0.717, 1.165) is 34.2 Å². The second kappa shape index (κ2) is 4.31. The van der Waals surface area contributed by atoms with Gasteiger partial charge >= 0.3 is 0 Å². The number of nitrogen functional groups attached to an aromatic ring is 1. The summed E-state index contributed by atoms with van der Waals surface area (Å²) >= 11 is 13.5. The summed E-state index contributed by atoms with van der Waals surface area (Å²) in [5.74, 6) is 1.41. The molecule has 4 rings (SSSR count). The van der Waals surface area contributed by atoms with Crippen LogP contribution in [0, 0.1) is 0 Å². The lowest BCUT2D eigenvalue weighted by Crippen LogP contribution is -1.95. The molecular weight excluding hydrogens is 317 g/mol. The first-order valence-corrected chi connectivity index (χ1v) is 7.68. The maximum Gasteiger partial charge on any atom is 0.234 e. The van der Waals surface area contributed by atoms with Gasteiger partial charge in [0.15, 0.2) is 5.82 Å². The van der Waals surface area contributed by atoms with Crippen LogP contribution in [-0.2, 0) is 0 Å². The van der Waals surface area contributed by atoms with Crippen LogP contribution >= 0.6 is 34.5 Å². The minimum atomic E-state index is 0.431. The van der Waals surface area contributed by atoms with Crippen molar-refractivity contribution in [1.82, 2.24) is 19.8 Å². The van der Waals surface area contributed by atoms with Crippen LogP contribution in [0.1, 0.15) is 24.6 Å². The highest BCUT2D eigenvalue weighted by Gasteiger charge is 2.30. The standard InChI is InChI=1S/C12H9Cl2N5S/c13-6-3-7(9(15)8(14)4-6)11-18-19-10(5-1-2-5)16-17-12(19)20-11/h3-5H,1-2,15H2. The van der Waals surface area contributed by atoms with Crippen LogP contribution in [0.25, 0.3) is 15.5 Å². The molecule has 0 saturated heterocycles. The van der Waals surface area contributed by atoms with E-state index in [9.17, 15) is 0 Å². The number of benzene rings is 1. The SMILES string of the molecule is Nc1c(Cl)cc(Cl)cc1-c1nn2c(C3CC3)nnc2s1. The zero-order valence-electron chi connectivity index (χ0n) is 10.2. The van der Waals surface area contributed by atoms with Crippen LogP contribution in [0.4, 0.5) is 5.69 Å². The van der Waals surface area contributed by atoms with E-state index < -0.39 is 0 Å². The summed E-state index contributed by atoms with van der Waals surface area (Å²) in [5, 5.41) is 14.6. The highest BCUT2D eigenvalue weighted by Crippen LogP contribution is 2.41. The van der Waals surface area contributed by atoms with Crippen molar-refractivity contribution in [2.24, 2.45) is 0 Å². The van der Waals surface area contributed by atoms with E-state index in [0.29, 0.717) is 21.7 Å². The van der Waals surface area contributed by atoms with Gasteiger partial charge in [-0.05, 0) is 25.0 Å². The normalized spacial score (nSPS) is 15.1. The first-order valence-electron chi connectivity index (χ1n) is 6.10. The Bertz CT molecular complexity index is 821. The number of rotatable bonds is 2. The quantitative estimate of drug-likeness (QED) is 0.730. The number of anilines is 1. The lowest BCUT2D eigenvalue weighted by atomic mass is 10.2. The van der Waals surface area contributed by atoms with E-state index in [1.807, 2.05) is 0 Å². The lowest BCUT2D eigenvalue weighted by Gasteiger charge is -2.04. The molecule has 5 nitrogen and oxygen atoms in total. The van der Waals surface area contributed by atoms with Gasteiger partial charge in [0, 0.05) is 16.5 Å². The summed E-state index contributed by atoms with van der Waals surface area (Å²) in [6.45, 7) is 0. The third kappa shape index (κ3) is 1.87. The van der Waals surface area contributed by atoms with Crippen LogP contribution in [0.3, 0.4) is 0 Å². The van der Waals surface area contributed by atoms with Crippen LogP contribution in [0.15, 0.2) is 12.1 Å². The average molecular weight is 326 g/mol. The van der Waals surface area contributed by atoms with E-state index >= 15 is 0 Å². The number of halogens is 2. The zero-order chi connectivity index (χ0) is 13.9. The molecule has 2 heterocycles. The molecule has 0 spiro atoms. The molecule has 20 heavy (non-hydrogen) atoms. The van der Waals surface area contributed by atoms with Gasteiger partial charge in [0.2, 0.25) is 4.96 Å². The number of fused-ring (bicyclic) bond motifs is 1. The average Bonchev–Trinajstić information content (AvgIpc) is 3.03. The summed E-state index contributed by atoms with van der Waals surface area (Å²) in [7, 11) is 0. The Labute approximate surface area is 128 Å². The minimum absolute atomic E-state index is 0.431. The first-order chi connectivity index (χ1) is 9.63. The molecule has 1 fully saturated rings. The van der Waals surface area contributed by atoms with E-state index in [2.05, 4.69) is 15.3 Å². The molecule has 102 valence electrons. The molecule has 2 aromatic heterocycles. The molecule has 0 atom stereocenters. The third-order valence-corrected chi connectivity index (χ3v) is 4.75. The Hall–Kier alpha value is -1.37. The van der Waals surface area contributed by atoms with Gasteiger partial charge in [-0.15, -0.1) is 10.2 Å². The van der Waals surface area contributed by atoms with Gasteiger partial charge in [-0.1, -0.05) is 34.5 Å². The molecule has 0 aliphatic heterocycles. The smallest absolute Gasteiger partial charge is 0.234 e. The van der Waals surface area contributed by atoms with Crippen molar-refractivity contribution < 1.29 is 0 Å². The predicted molar refractivity (Wildman–Crippen MR) is 80.5 cm³/mol. The maximum atomic E-state index is 6.07. The molecule has 3 aromatic rings. The summed E-state index contributed by atoms with van der Waals surface area (Å²) in [6, 6.07) is 3.39. The predicted octanol–water partition coefficient (Wildman–Crippen LogP) is 3.62. The number of aromatic nitrogens is 4. The van der Waals surface area contributed by atoms with E-state index in [-0.39, 0.29) is 0 Å². The molecule has 2 N–H and O–H groups in total. The molecular formula is C12H9Cl2N5S. The fourth-order valence-corrected chi connectivity index (χ4v) is 3.47. The van der Waals surface area contributed by atoms with Gasteiger partial charge in [0.25, 0.3) is 0 Å². The van der Waals surface area contributed by atoms with Gasteiger partial charge in [-0.25, -0.2) is 0 Å². The molecule has 1 aliphatic carbocycles. The highest BCUT2D eigenvalue weighted by molar-refractivity contribution is 7.19. The Balaban J connectivity index is 1.90. The largest absolute Gasteiger partial charge is 0.397 e. The summed E-state index contributed by atoms with van der Waals surface area (Å²) in [4.78, 5) is 0.761. The summed E-state index contributed by atoms with van der Waals surface area (Å²) in [5.41, 5.74) is 7.23. The first kappa shape index (κ1) is 12.4. The Kier molecular flexibility index (Phi) is 2.67. The Morgan fingerprint density at radius 3 is 2.80 bits per heavy atom. The molecule has 1 aromatic carbocycles. The molecule has 1 saturated carbocycles. The second-order valence-electron chi connectivity index (χ2n) is 4.78. The number of hydrogen-bond donors (Lipinski definition) is 1. The van der Waals surface area contributed by atoms with E-state index in [1.165, 1.54) is 11.3 Å². The van der Waals surface area contributed by atoms with Crippen LogP contribution < -0.4 is 5.73 Å². The van der Waals surface area contributed by atoms with Crippen molar-refractivity contribution in [2.45, 2.75) is 18.8 Å². The summed E-state index contributed by atoms with van der Waals surface area (Å²) < 4.78 is 1.80. The van der Waals surface area contributed by atoms with Crippen molar-refractivity contribution in [3.8, 4) is 10.6 Å². The van der Waals surface area contributed by atoms with Crippen molar-refractivity contribution in [1.29, 1.82) is 0 Å². The van der Waals surface area contributed by atoms with Gasteiger partial charge in [0.05, 0.1) is 10.7 Å². The van der Waals surface area contributed by atoms with Crippen molar-refractivity contribution in [2.75, 3.05) is 5.73 Å². The summed E-state index contributed by atoms with van der Waals surface area (Å²) in [6.07, 6.45) is 2.30. The van der Waals surface area contributed by atoms with Crippen LogP contribution in [0.5, 0.6) is 0 Å². The van der Waals surface area contributed by atoms with E-state index in [4.69, 9.17) is 28.9 Å². The zero-order valence-corrected chi connectivity index (χ0v) is 12.5. The lowest BCUT2D eigenvalue weighted by molar-refractivity contribution is 0.828. The van der Waals surface area contributed by atoms with Crippen molar-refractivity contribution in [3.05, 3.63) is 28.0 Å². The van der Waals surface area contributed by atoms with Gasteiger partial charge in [-0.3, -0.25) is 0 Å². The molecule has 0 amide bonds. The minimum Gasteiger partial charge on any atom is -0.397 e. The molecule has 0 unspecified atom stereocenters. The monoisotopic (exact) mass is 325 g/mol. The van der Waals surface area contributed by atoms with Gasteiger partial charge < -0.3 is 5.73 Å². The van der Waals surface area contributed by atoms with Gasteiger partial charge in [-0.2, -0.15) is 9.61 Å².